The summed E-state index contributed by atoms with van der Waals surface area (Å²) in [5, 5.41) is 2.85. The highest BCUT2D eigenvalue weighted by molar-refractivity contribution is 6.11. The molecule has 5 aliphatic rings. The van der Waals surface area contributed by atoms with Crippen molar-refractivity contribution in [3.63, 3.8) is 0 Å². The first-order valence-electron chi connectivity index (χ1n) is 10.5. The Morgan fingerprint density at radius 2 is 1.25 bits per heavy atom. The molecular weight excluding hydrogens is 340 g/mol. The molecule has 2 unspecified atom stereocenters. The average molecular weight is 362 g/mol. The summed E-state index contributed by atoms with van der Waals surface area (Å²) in [5.74, 6) is 0.378. The largest absolute Gasteiger partial charge is 0.298 e. The zero-order chi connectivity index (χ0) is 18.7. The first-order chi connectivity index (χ1) is 13.6. The van der Waals surface area contributed by atoms with E-state index in [1.165, 1.54) is 66.4 Å². The Morgan fingerprint density at radius 1 is 0.750 bits per heavy atom. The molecule has 0 aliphatic heterocycles. The van der Waals surface area contributed by atoms with Gasteiger partial charge in [-0.1, -0.05) is 36.4 Å². The number of Topliss-reactive ketones (excluding diaryl/α,β-unsaturated/α-hetero) is 1. The van der Waals surface area contributed by atoms with Crippen molar-refractivity contribution in [2.45, 2.75) is 51.4 Å². The maximum atomic E-state index is 14.1. The fourth-order valence-corrected chi connectivity index (χ4v) is 6.85. The average Bonchev–Trinajstić information content (AvgIpc) is 3.31. The lowest BCUT2D eigenvalue weighted by Crippen LogP contribution is -2.33. The van der Waals surface area contributed by atoms with Crippen molar-refractivity contribution in [3.05, 3.63) is 92.1 Å². The first kappa shape index (κ1) is 15.3. The van der Waals surface area contributed by atoms with Gasteiger partial charge in [-0.2, -0.15) is 0 Å². The smallest absolute Gasteiger partial charge is 0.155 e. The van der Waals surface area contributed by atoms with Crippen molar-refractivity contribution in [2.75, 3.05) is 0 Å². The van der Waals surface area contributed by atoms with Crippen LogP contribution in [0.25, 0.3) is 10.8 Å². The molecule has 1 nitrogen and oxygen atoms in total. The van der Waals surface area contributed by atoms with Gasteiger partial charge in [0.2, 0.25) is 0 Å². The highest BCUT2D eigenvalue weighted by atomic mass is 16.1. The van der Waals surface area contributed by atoms with Crippen molar-refractivity contribution in [2.24, 2.45) is 0 Å². The molecule has 28 heavy (non-hydrogen) atoms. The molecule has 0 radical (unpaired) electrons. The molecule has 136 valence electrons. The topological polar surface area (TPSA) is 17.1 Å². The lowest BCUT2D eigenvalue weighted by molar-refractivity contribution is -0.120. The number of hydrogen-bond donors (Lipinski definition) is 0. The molecule has 0 saturated carbocycles. The summed E-state index contributed by atoms with van der Waals surface area (Å²) in [5.41, 5.74) is 13.8. The predicted octanol–water partition coefficient (Wildman–Crippen LogP) is 5.83. The molecule has 0 N–H and O–H groups in total. The molecule has 0 aromatic heterocycles. The third-order valence-corrected chi connectivity index (χ3v) is 7.79. The van der Waals surface area contributed by atoms with Crippen LogP contribution in [0.15, 0.2) is 58.7 Å². The van der Waals surface area contributed by atoms with Crippen LogP contribution >= 0.6 is 0 Å². The minimum atomic E-state index is -0.0311. The molecule has 0 spiro atoms. The van der Waals surface area contributed by atoms with Gasteiger partial charge in [0.25, 0.3) is 0 Å². The normalized spacial score (nSPS) is 25.9. The Hall–Kier alpha value is -2.67. The van der Waals surface area contributed by atoms with Crippen molar-refractivity contribution < 1.29 is 4.79 Å². The molecule has 0 heterocycles. The van der Waals surface area contributed by atoms with Crippen LogP contribution in [0.3, 0.4) is 0 Å². The highest BCUT2D eigenvalue weighted by Gasteiger charge is 2.47. The van der Waals surface area contributed by atoms with Crippen LogP contribution in [0, 0.1) is 13.8 Å². The van der Waals surface area contributed by atoms with Gasteiger partial charge in [0.05, 0.1) is 11.8 Å². The quantitative estimate of drug-likeness (QED) is 0.576. The summed E-state index contributed by atoms with van der Waals surface area (Å²) in [6, 6.07) is 4.75. The van der Waals surface area contributed by atoms with Crippen LogP contribution in [0.4, 0.5) is 0 Å². The van der Waals surface area contributed by atoms with Gasteiger partial charge >= 0.3 is 0 Å². The fourth-order valence-electron chi connectivity index (χ4n) is 6.85. The van der Waals surface area contributed by atoms with E-state index in [9.17, 15) is 4.79 Å². The Bertz CT molecular complexity index is 1200. The van der Waals surface area contributed by atoms with Crippen molar-refractivity contribution in [3.8, 4) is 0 Å². The Labute approximate surface area is 165 Å². The first-order valence-corrected chi connectivity index (χ1v) is 10.5. The second kappa shape index (κ2) is 4.84. The van der Waals surface area contributed by atoms with Crippen LogP contribution in [0.2, 0.25) is 0 Å². The van der Waals surface area contributed by atoms with E-state index in [2.05, 4.69) is 50.3 Å². The SMILES string of the molecule is Cc1cc2c3c4c5c(cc(C)c14)CC1=C(CC=C1)C5C(=O)C3C1=C(C=CC1)C2. The number of hydrogen-bond acceptors (Lipinski definition) is 1. The van der Waals surface area contributed by atoms with Gasteiger partial charge in [-0.15, -0.1) is 0 Å². The van der Waals surface area contributed by atoms with Gasteiger partial charge < -0.3 is 0 Å². The lowest BCUT2D eigenvalue weighted by atomic mass is 9.61. The minimum Gasteiger partial charge on any atom is -0.298 e. The maximum absolute atomic E-state index is 14.1. The summed E-state index contributed by atoms with van der Waals surface area (Å²) in [6.45, 7) is 4.52. The number of carbonyl (C=O) groups is 1. The van der Waals surface area contributed by atoms with E-state index in [4.69, 9.17) is 0 Å². The second-order valence-corrected chi connectivity index (χ2v) is 9.22. The number of allylic oxidation sites excluding steroid dienone is 8. The summed E-state index contributed by atoms with van der Waals surface area (Å²) in [4.78, 5) is 14.1. The molecule has 5 aliphatic carbocycles. The predicted molar refractivity (Wildman–Crippen MR) is 113 cm³/mol. The van der Waals surface area contributed by atoms with Crippen molar-refractivity contribution in [1.82, 2.24) is 0 Å². The number of benzene rings is 2. The van der Waals surface area contributed by atoms with E-state index in [1.54, 1.807) is 0 Å². The molecule has 1 heteroatoms. The zero-order valence-electron chi connectivity index (χ0n) is 16.4. The Kier molecular flexibility index (Phi) is 2.64. The monoisotopic (exact) mass is 362 g/mol. The van der Waals surface area contributed by atoms with Crippen LogP contribution in [0.1, 0.15) is 58.1 Å². The van der Waals surface area contributed by atoms with Gasteiger partial charge in [0.15, 0.2) is 5.78 Å². The van der Waals surface area contributed by atoms with Gasteiger partial charge in [-0.3, -0.25) is 4.79 Å². The van der Waals surface area contributed by atoms with Gasteiger partial charge in [-0.25, -0.2) is 0 Å². The van der Waals surface area contributed by atoms with Crippen LogP contribution < -0.4 is 0 Å². The summed E-state index contributed by atoms with van der Waals surface area (Å²) in [6.07, 6.45) is 12.9. The van der Waals surface area contributed by atoms with E-state index in [0.717, 1.165) is 25.7 Å². The van der Waals surface area contributed by atoms with E-state index >= 15 is 0 Å². The van der Waals surface area contributed by atoms with Gasteiger partial charge in [0, 0.05) is 0 Å². The zero-order valence-corrected chi connectivity index (χ0v) is 16.4. The number of ketones is 1. The molecule has 0 amide bonds. The maximum Gasteiger partial charge on any atom is 0.155 e. The van der Waals surface area contributed by atoms with E-state index in [1.807, 2.05) is 0 Å². The summed E-state index contributed by atoms with van der Waals surface area (Å²) < 4.78 is 0. The lowest BCUT2D eigenvalue weighted by Gasteiger charge is -2.41. The number of fused-ring (bicyclic) bond motifs is 2. The minimum absolute atomic E-state index is 0.0311. The molecule has 2 atom stereocenters. The van der Waals surface area contributed by atoms with Gasteiger partial charge in [-0.05, 0) is 106 Å². The molecule has 2 aromatic rings. The summed E-state index contributed by atoms with van der Waals surface area (Å²) >= 11 is 0. The number of rotatable bonds is 0. The van der Waals surface area contributed by atoms with Crippen LogP contribution in [-0.4, -0.2) is 5.78 Å². The third-order valence-electron chi connectivity index (χ3n) is 7.79. The second-order valence-electron chi connectivity index (χ2n) is 9.22. The standard InChI is InChI=1S/C27H22O/c1-13-9-17-11-15-5-3-7-19(15)24-22(17)26-21(13)14(2)10-18-12-16-6-4-8-20(16)25(23(18)26)27(24)28/h3-6,9-10,24-25H,7-8,11-12H2,1-2H3. The molecule has 0 fully saturated rings. The summed E-state index contributed by atoms with van der Waals surface area (Å²) in [7, 11) is 0. The molecule has 0 bridgehead atoms. The molecule has 2 aromatic carbocycles. The van der Waals surface area contributed by atoms with Gasteiger partial charge in [0.1, 0.15) is 0 Å². The number of aryl methyl sites for hydroxylation is 2. The van der Waals surface area contributed by atoms with E-state index in [-0.39, 0.29) is 11.8 Å². The Balaban J connectivity index is 1.68. The van der Waals surface area contributed by atoms with Crippen molar-refractivity contribution in [1.29, 1.82) is 0 Å². The number of carbonyl (C=O) groups excluding carboxylic acids is 1. The molecule has 7 rings (SSSR count). The highest BCUT2D eigenvalue weighted by Crippen LogP contribution is 2.57. The van der Waals surface area contributed by atoms with Crippen LogP contribution in [-0.2, 0) is 17.6 Å². The fraction of sp³-hybridized carbons (Fsp3) is 0.296. The van der Waals surface area contributed by atoms with Crippen molar-refractivity contribution >= 4 is 16.6 Å². The molecular formula is C27H22O. The molecule has 0 saturated heterocycles. The third kappa shape index (κ3) is 1.60. The van der Waals surface area contributed by atoms with E-state index in [0.29, 0.717) is 5.78 Å². The van der Waals surface area contributed by atoms with E-state index < -0.39 is 0 Å². The Morgan fingerprint density at radius 3 is 1.75 bits per heavy atom. The van der Waals surface area contributed by atoms with Crippen LogP contribution in [0.5, 0.6) is 0 Å².